The van der Waals surface area contributed by atoms with E-state index in [1.54, 1.807) is 6.20 Å². The first kappa shape index (κ1) is 15.4. The molecule has 1 aromatic heterocycles. The van der Waals surface area contributed by atoms with Crippen LogP contribution in [0.5, 0.6) is 0 Å². The normalized spacial score (nSPS) is 11.7. The maximum Gasteiger partial charge on any atom is 0.0691 e. The first-order valence-corrected chi connectivity index (χ1v) is 7.28. The van der Waals surface area contributed by atoms with E-state index in [-0.39, 0.29) is 6.61 Å². The summed E-state index contributed by atoms with van der Waals surface area (Å²) in [5.41, 5.74) is 6.65. The molecule has 1 heterocycles. The molecule has 0 aliphatic heterocycles. The van der Waals surface area contributed by atoms with Crippen LogP contribution >= 0.6 is 0 Å². The number of aliphatic hydroxyl groups excluding tert-OH is 1. The highest BCUT2D eigenvalue weighted by atomic mass is 16.2. The van der Waals surface area contributed by atoms with Gasteiger partial charge in [0.1, 0.15) is 0 Å². The molecule has 0 saturated carbocycles. The molecule has 0 fully saturated rings. The first-order valence-electron chi connectivity index (χ1n) is 7.28. The molecule has 0 saturated heterocycles. The van der Waals surface area contributed by atoms with Crippen LogP contribution in [0, 0.1) is 13.8 Å². The van der Waals surface area contributed by atoms with Crippen LogP contribution in [0.25, 0.3) is 0 Å². The van der Waals surface area contributed by atoms with Crippen LogP contribution in [-0.2, 0) is 6.42 Å². The maximum absolute atomic E-state index is 8.94. The molecule has 0 atom stereocenters. The van der Waals surface area contributed by atoms with Gasteiger partial charge in [0.05, 0.1) is 5.69 Å². The lowest BCUT2D eigenvalue weighted by atomic mass is 10.0. The van der Waals surface area contributed by atoms with Gasteiger partial charge in [-0.2, -0.15) is 0 Å². The highest BCUT2D eigenvalue weighted by Crippen LogP contribution is 2.26. The lowest BCUT2D eigenvalue weighted by Gasteiger charge is -2.10. The van der Waals surface area contributed by atoms with Crippen molar-refractivity contribution < 1.29 is 5.11 Å². The molecule has 3 nitrogen and oxygen atoms in total. The van der Waals surface area contributed by atoms with Gasteiger partial charge < -0.3 is 5.11 Å². The van der Waals surface area contributed by atoms with Crippen molar-refractivity contribution in [3.63, 3.8) is 0 Å². The van der Waals surface area contributed by atoms with E-state index in [2.05, 4.69) is 31.0 Å². The Balaban J connectivity index is 2.32. The molecule has 0 radical (unpaired) electrons. The average molecular weight is 282 g/mol. The SMILES string of the molecule is CC(=Nc1c(C)cc(CCCO)cc1C)c1cccnc1. The Bertz CT molecular complexity index is 610. The number of hydrogen-bond acceptors (Lipinski definition) is 3. The van der Waals surface area contributed by atoms with Crippen molar-refractivity contribution in [2.24, 2.45) is 4.99 Å². The largest absolute Gasteiger partial charge is 0.396 e. The molecule has 0 aliphatic carbocycles. The molecule has 0 aliphatic rings. The number of pyridine rings is 1. The zero-order valence-corrected chi connectivity index (χ0v) is 12.9. The van der Waals surface area contributed by atoms with Gasteiger partial charge in [0.2, 0.25) is 0 Å². The minimum absolute atomic E-state index is 0.234. The fourth-order valence-corrected chi connectivity index (χ4v) is 2.46. The molecule has 2 rings (SSSR count). The summed E-state index contributed by atoms with van der Waals surface area (Å²) in [5, 5.41) is 8.94. The van der Waals surface area contributed by atoms with Crippen LogP contribution in [0.4, 0.5) is 5.69 Å². The summed E-state index contributed by atoms with van der Waals surface area (Å²) < 4.78 is 0. The molecule has 21 heavy (non-hydrogen) atoms. The molecule has 3 heteroatoms. The average Bonchev–Trinajstić information content (AvgIpc) is 2.49. The number of nitrogens with zero attached hydrogens (tertiary/aromatic N) is 2. The molecule has 1 aromatic carbocycles. The van der Waals surface area contributed by atoms with Crippen LogP contribution in [0.2, 0.25) is 0 Å². The van der Waals surface area contributed by atoms with Gasteiger partial charge in [0.15, 0.2) is 0 Å². The predicted octanol–water partition coefficient (Wildman–Crippen LogP) is 3.76. The number of hydrogen-bond donors (Lipinski definition) is 1. The molecule has 0 amide bonds. The van der Waals surface area contributed by atoms with Crippen LogP contribution < -0.4 is 0 Å². The Morgan fingerprint density at radius 1 is 1.24 bits per heavy atom. The van der Waals surface area contributed by atoms with Gasteiger partial charge in [0, 0.05) is 30.3 Å². The Labute approximate surface area is 126 Å². The van der Waals surface area contributed by atoms with E-state index in [0.29, 0.717) is 0 Å². The third-order valence-electron chi connectivity index (χ3n) is 3.53. The number of aryl methyl sites for hydroxylation is 3. The van der Waals surface area contributed by atoms with Crippen LogP contribution in [-0.4, -0.2) is 22.4 Å². The predicted molar refractivity (Wildman–Crippen MR) is 87.4 cm³/mol. The number of aromatic nitrogens is 1. The molecular weight excluding hydrogens is 260 g/mol. The molecule has 1 N–H and O–H groups in total. The highest BCUT2D eigenvalue weighted by molar-refractivity contribution is 6.00. The number of benzene rings is 1. The number of aliphatic imine (C=N–C) groups is 1. The summed E-state index contributed by atoms with van der Waals surface area (Å²) in [4.78, 5) is 8.91. The maximum atomic E-state index is 8.94. The second-order valence-corrected chi connectivity index (χ2v) is 5.34. The van der Waals surface area contributed by atoms with Gasteiger partial charge >= 0.3 is 0 Å². The van der Waals surface area contributed by atoms with E-state index < -0.39 is 0 Å². The van der Waals surface area contributed by atoms with E-state index in [4.69, 9.17) is 10.1 Å². The fraction of sp³-hybridized carbons (Fsp3) is 0.333. The molecule has 0 bridgehead atoms. The van der Waals surface area contributed by atoms with Crippen molar-refractivity contribution in [3.05, 3.63) is 58.9 Å². The number of aliphatic hydroxyl groups is 1. The Morgan fingerprint density at radius 2 is 1.95 bits per heavy atom. The quantitative estimate of drug-likeness (QED) is 0.849. The second kappa shape index (κ2) is 7.14. The van der Waals surface area contributed by atoms with Gasteiger partial charge in [-0.15, -0.1) is 0 Å². The Morgan fingerprint density at radius 3 is 2.52 bits per heavy atom. The van der Waals surface area contributed by atoms with E-state index in [9.17, 15) is 0 Å². The van der Waals surface area contributed by atoms with Crippen molar-refractivity contribution in [2.45, 2.75) is 33.6 Å². The van der Waals surface area contributed by atoms with Crippen LogP contribution in [0.1, 0.15) is 35.6 Å². The van der Waals surface area contributed by atoms with Crippen molar-refractivity contribution in [3.8, 4) is 0 Å². The lowest BCUT2D eigenvalue weighted by molar-refractivity contribution is 0.288. The van der Waals surface area contributed by atoms with Crippen molar-refractivity contribution in [2.75, 3.05) is 6.61 Å². The smallest absolute Gasteiger partial charge is 0.0691 e. The Kier molecular flexibility index (Phi) is 5.23. The minimum atomic E-state index is 0.234. The second-order valence-electron chi connectivity index (χ2n) is 5.34. The van der Waals surface area contributed by atoms with Gasteiger partial charge in [0.25, 0.3) is 0 Å². The zero-order chi connectivity index (χ0) is 15.2. The van der Waals surface area contributed by atoms with Crippen LogP contribution in [0.3, 0.4) is 0 Å². The third-order valence-corrected chi connectivity index (χ3v) is 3.53. The summed E-state index contributed by atoms with van der Waals surface area (Å²) in [6.45, 7) is 6.42. The van der Waals surface area contributed by atoms with Gasteiger partial charge in [-0.05, 0) is 56.4 Å². The van der Waals surface area contributed by atoms with E-state index >= 15 is 0 Å². The monoisotopic (exact) mass is 282 g/mol. The van der Waals surface area contributed by atoms with Gasteiger partial charge in [-0.1, -0.05) is 18.2 Å². The summed E-state index contributed by atoms with van der Waals surface area (Å²) >= 11 is 0. The Hall–Kier alpha value is -2.00. The van der Waals surface area contributed by atoms with Crippen molar-refractivity contribution >= 4 is 11.4 Å². The number of rotatable bonds is 5. The summed E-state index contributed by atoms with van der Waals surface area (Å²) in [5.74, 6) is 0. The third kappa shape index (κ3) is 3.99. The van der Waals surface area contributed by atoms with E-state index in [0.717, 1.165) is 29.8 Å². The van der Waals surface area contributed by atoms with Crippen molar-refractivity contribution in [1.82, 2.24) is 4.98 Å². The van der Waals surface area contributed by atoms with Gasteiger partial charge in [-0.25, -0.2) is 0 Å². The van der Waals surface area contributed by atoms with E-state index in [1.165, 1.54) is 16.7 Å². The first-order chi connectivity index (χ1) is 10.1. The molecule has 0 spiro atoms. The highest BCUT2D eigenvalue weighted by Gasteiger charge is 2.06. The minimum Gasteiger partial charge on any atom is -0.396 e. The molecule has 2 aromatic rings. The molecular formula is C18H22N2O. The lowest BCUT2D eigenvalue weighted by Crippen LogP contribution is -1.97. The summed E-state index contributed by atoms with van der Waals surface area (Å²) in [7, 11) is 0. The van der Waals surface area contributed by atoms with Crippen molar-refractivity contribution in [1.29, 1.82) is 0 Å². The molecule has 0 unspecified atom stereocenters. The topological polar surface area (TPSA) is 45.5 Å². The van der Waals surface area contributed by atoms with E-state index in [1.807, 2.05) is 25.3 Å². The van der Waals surface area contributed by atoms with Gasteiger partial charge in [-0.3, -0.25) is 9.98 Å². The summed E-state index contributed by atoms with van der Waals surface area (Å²) in [6.07, 6.45) is 5.31. The molecule has 110 valence electrons. The fourth-order valence-electron chi connectivity index (χ4n) is 2.46. The van der Waals surface area contributed by atoms with Crippen LogP contribution in [0.15, 0.2) is 41.7 Å². The zero-order valence-electron chi connectivity index (χ0n) is 12.9. The summed E-state index contributed by atoms with van der Waals surface area (Å²) in [6, 6.07) is 8.27. The standard InChI is InChI=1S/C18H22N2O/c1-13-10-16(6-5-9-21)11-14(2)18(13)20-15(3)17-7-4-8-19-12-17/h4,7-8,10-12,21H,5-6,9H2,1-3H3.